The van der Waals surface area contributed by atoms with Gasteiger partial charge in [-0.15, -0.1) is 0 Å². The SMILES string of the molecule is CCOC(=O)C1=C(C)N=c2s/c(=C\c3ccc(OCCOc4cc(C)ccc4C(C)C)cc3)c(=O)n2C1c1ccccc1. The van der Waals surface area contributed by atoms with Gasteiger partial charge < -0.3 is 14.2 Å². The van der Waals surface area contributed by atoms with Crippen LogP contribution in [0.4, 0.5) is 0 Å². The van der Waals surface area contributed by atoms with E-state index in [0.717, 1.165) is 22.4 Å². The molecule has 0 radical (unpaired) electrons. The topological polar surface area (TPSA) is 79.1 Å². The number of aromatic nitrogens is 1. The number of hydrogen-bond donors (Lipinski definition) is 0. The molecule has 222 valence electrons. The zero-order chi connectivity index (χ0) is 30.5. The first kappa shape index (κ1) is 30.0. The van der Waals surface area contributed by atoms with Crippen molar-refractivity contribution in [2.24, 2.45) is 4.99 Å². The third-order valence-corrected chi connectivity index (χ3v) is 8.19. The molecule has 8 heteroatoms. The minimum Gasteiger partial charge on any atom is -0.490 e. The summed E-state index contributed by atoms with van der Waals surface area (Å²) in [6, 6.07) is 22.8. The number of rotatable bonds is 10. The van der Waals surface area contributed by atoms with Gasteiger partial charge in [0, 0.05) is 0 Å². The van der Waals surface area contributed by atoms with Crippen LogP contribution in [0.2, 0.25) is 0 Å². The van der Waals surface area contributed by atoms with Gasteiger partial charge in [-0.05, 0) is 73.2 Å². The van der Waals surface area contributed by atoms with Crippen molar-refractivity contribution >= 4 is 23.4 Å². The summed E-state index contributed by atoms with van der Waals surface area (Å²) >= 11 is 1.30. The van der Waals surface area contributed by atoms with E-state index >= 15 is 0 Å². The van der Waals surface area contributed by atoms with Crippen molar-refractivity contribution in [2.45, 2.75) is 46.6 Å². The molecule has 0 amide bonds. The first-order chi connectivity index (χ1) is 20.8. The van der Waals surface area contributed by atoms with E-state index in [9.17, 15) is 9.59 Å². The number of aryl methyl sites for hydroxylation is 1. The smallest absolute Gasteiger partial charge is 0.338 e. The average molecular weight is 597 g/mol. The molecule has 0 saturated carbocycles. The highest BCUT2D eigenvalue weighted by Crippen LogP contribution is 2.31. The van der Waals surface area contributed by atoms with Crippen LogP contribution in [0.5, 0.6) is 11.5 Å². The molecule has 0 N–H and O–H groups in total. The van der Waals surface area contributed by atoms with Crippen LogP contribution in [0.3, 0.4) is 0 Å². The normalized spacial score (nSPS) is 14.8. The summed E-state index contributed by atoms with van der Waals surface area (Å²) in [5.41, 5.74) is 4.74. The van der Waals surface area contributed by atoms with Crippen molar-refractivity contribution in [1.82, 2.24) is 4.57 Å². The molecule has 0 saturated heterocycles. The lowest BCUT2D eigenvalue weighted by atomic mass is 9.96. The highest BCUT2D eigenvalue weighted by Gasteiger charge is 2.33. The van der Waals surface area contributed by atoms with Gasteiger partial charge in [0.05, 0.1) is 28.5 Å². The minimum absolute atomic E-state index is 0.207. The van der Waals surface area contributed by atoms with Crippen molar-refractivity contribution in [3.8, 4) is 11.5 Å². The zero-order valence-electron chi connectivity index (χ0n) is 25.1. The maximum atomic E-state index is 13.7. The van der Waals surface area contributed by atoms with E-state index in [1.54, 1.807) is 18.4 Å². The number of carbonyl (C=O) groups excluding carboxylic acids is 1. The van der Waals surface area contributed by atoms with Gasteiger partial charge in [0.25, 0.3) is 5.56 Å². The summed E-state index contributed by atoms with van der Waals surface area (Å²) in [5.74, 6) is 1.52. The first-order valence-corrected chi connectivity index (χ1v) is 15.3. The second-order valence-corrected chi connectivity index (χ2v) is 11.7. The zero-order valence-corrected chi connectivity index (χ0v) is 25.9. The van der Waals surface area contributed by atoms with E-state index in [0.29, 0.717) is 45.5 Å². The fourth-order valence-electron chi connectivity index (χ4n) is 5.11. The molecule has 4 aromatic rings. The van der Waals surface area contributed by atoms with Gasteiger partial charge in [-0.2, -0.15) is 0 Å². The van der Waals surface area contributed by atoms with Crippen LogP contribution in [-0.2, 0) is 9.53 Å². The summed E-state index contributed by atoms with van der Waals surface area (Å²) < 4.78 is 19.4. The number of carbonyl (C=O) groups is 1. The molecule has 0 spiro atoms. The second kappa shape index (κ2) is 13.3. The van der Waals surface area contributed by atoms with Gasteiger partial charge in [-0.25, -0.2) is 9.79 Å². The fourth-order valence-corrected chi connectivity index (χ4v) is 6.16. The number of fused-ring (bicyclic) bond motifs is 1. The molecule has 1 aliphatic heterocycles. The number of esters is 1. The summed E-state index contributed by atoms with van der Waals surface area (Å²) in [5, 5.41) is 0. The van der Waals surface area contributed by atoms with E-state index in [4.69, 9.17) is 14.2 Å². The Bertz CT molecular complexity index is 1820. The van der Waals surface area contributed by atoms with E-state index in [-0.39, 0.29) is 12.2 Å². The van der Waals surface area contributed by atoms with Crippen LogP contribution >= 0.6 is 11.3 Å². The predicted octanol–water partition coefficient (Wildman–Crippen LogP) is 5.69. The third-order valence-electron chi connectivity index (χ3n) is 7.21. The second-order valence-electron chi connectivity index (χ2n) is 10.7. The Kier molecular flexibility index (Phi) is 9.26. The van der Waals surface area contributed by atoms with Crippen molar-refractivity contribution in [3.63, 3.8) is 0 Å². The average Bonchev–Trinajstić information content (AvgIpc) is 3.29. The number of allylic oxidation sites excluding steroid dienone is 1. The van der Waals surface area contributed by atoms with Gasteiger partial charge in [-0.3, -0.25) is 9.36 Å². The Morgan fingerprint density at radius 3 is 2.42 bits per heavy atom. The van der Waals surface area contributed by atoms with Crippen LogP contribution in [0.25, 0.3) is 6.08 Å². The molecular weight excluding hydrogens is 560 g/mol. The molecule has 2 heterocycles. The predicted molar refractivity (Wildman–Crippen MR) is 170 cm³/mol. The van der Waals surface area contributed by atoms with Crippen LogP contribution < -0.4 is 24.4 Å². The van der Waals surface area contributed by atoms with Gasteiger partial charge >= 0.3 is 5.97 Å². The molecule has 0 fully saturated rings. The lowest BCUT2D eigenvalue weighted by molar-refractivity contribution is -0.139. The molecule has 1 unspecified atom stereocenters. The number of thiazole rings is 1. The van der Waals surface area contributed by atoms with Crippen molar-refractivity contribution in [1.29, 1.82) is 0 Å². The minimum atomic E-state index is -0.618. The summed E-state index contributed by atoms with van der Waals surface area (Å²) in [6.45, 7) is 11.0. The van der Waals surface area contributed by atoms with Crippen LogP contribution in [0.15, 0.2) is 93.9 Å². The maximum Gasteiger partial charge on any atom is 0.338 e. The Hall–Kier alpha value is -4.43. The highest BCUT2D eigenvalue weighted by molar-refractivity contribution is 7.07. The Morgan fingerprint density at radius 2 is 1.72 bits per heavy atom. The number of ether oxygens (including phenoxy) is 3. The van der Waals surface area contributed by atoms with E-state index in [2.05, 4.69) is 44.0 Å². The standard InChI is InChI=1S/C35H36N2O5S/c1-6-40-34(39)31-24(5)36-35-37(32(31)26-10-8-7-9-11-26)33(38)30(43-35)21-25-13-15-27(16-14-25)41-18-19-42-29-20-23(4)12-17-28(29)22(2)3/h7-17,20-22,32H,6,18-19H2,1-5H3/b30-21-. The van der Waals surface area contributed by atoms with Crippen LogP contribution in [-0.4, -0.2) is 30.4 Å². The molecular formula is C35H36N2O5S. The molecule has 0 aliphatic carbocycles. The van der Waals surface area contributed by atoms with Gasteiger partial charge in [0.2, 0.25) is 0 Å². The van der Waals surface area contributed by atoms with Gasteiger partial charge in [0.1, 0.15) is 24.7 Å². The molecule has 43 heavy (non-hydrogen) atoms. The summed E-state index contributed by atoms with van der Waals surface area (Å²) in [7, 11) is 0. The molecule has 0 bridgehead atoms. The summed E-state index contributed by atoms with van der Waals surface area (Å²) in [4.78, 5) is 31.9. The van der Waals surface area contributed by atoms with Crippen molar-refractivity contribution in [3.05, 3.63) is 126 Å². The van der Waals surface area contributed by atoms with Gasteiger partial charge in [0.15, 0.2) is 4.80 Å². The van der Waals surface area contributed by atoms with Crippen LogP contribution in [0.1, 0.15) is 61.9 Å². The Labute approximate surface area is 255 Å². The van der Waals surface area contributed by atoms with E-state index < -0.39 is 12.0 Å². The molecule has 5 rings (SSSR count). The van der Waals surface area contributed by atoms with Crippen LogP contribution in [0, 0.1) is 6.92 Å². The largest absolute Gasteiger partial charge is 0.490 e. The Morgan fingerprint density at radius 1 is 1.00 bits per heavy atom. The van der Waals surface area contributed by atoms with E-state index in [1.807, 2.05) is 60.7 Å². The van der Waals surface area contributed by atoms with Crippen molar-refractivity contribution in [2.75, 3.05) is 19.8 Å². The number of hydrogen-bond acceptors (Lipinski definition) is 7. The number of benzene rings is 3. The maximum absolute atomic E-state index is 13.7. The lowest BCUT2D eigenvalue weighted by Gasteiger charge is -2.24. The lowest BCUT2D eigenvalue weighted by Crippen LogP contribution is -2.39. The van der Waals surface area contributed by atoms with Gasteiger partial charge in [-0.1, -0.05) is 79.8 Å². The van der Waals surface area contributed by atoms with E-state index in [1.165, 1.54) is 16.9 Å². The highest BCUT2D eigenvalue weighted by atomic mass is 32.1. The molecule has 1 atom stereocenters. The fraction of sp³-hybridized carbons (Fsp3) is 0.286. The Balaban J connectivity index is 1.34. The monoisotopic (exact) mass is 596 g/mol. The quantitative estimate of drug-likeness (QED) is 0.174. The molecule has 7 nitrogen and oxygen atoms in total. The first-order valence-electron chi connectivity index (χ1n) is 14.5. The number of nitrogens with zero attached hydrogens (tertiary/aromatic N) is 2. The summed E-state index contributed by atoms with van der Waals surface area (Å²) in [6.07, 6.45) is 1.84. The molecule has 1 aliphatic rings. The molecule has 3 aromatic carbocycles. The van der Waals surface area contributed by atoms with Crippen molar-refractivity contribution < 1.29 is 19.0 Å². The molecule has 1 aromatic heterocycles. The third kappa shape index (κ3) is 6.65.